The molecule has 0 spiro atoms. The zero-order valence-corrected chi connectivity index (χ0v) is 22.1. The van der Waals surface area contributed by atoms with Crippen LogP contribution in [-0.2, 0) is 14.6 Å². The van der Waals surface area contributed by atoms with E-state index in [9.17, 15) is 13.2 Å². The average molecular weight is 499 g/mol. The number of sulfone groups is 1. The van der Waals surface area contributed by atoms with Gasteiger partial charge in [-0.2, -0.15) is 0 Å². The number of fused-ring (bicyclic) bond motifs is 2. The summed E-state index contributed by atoms with van der Waals surface area (Å²) in [5.74, 6) is 0.00222. The van der Waals surface area contributed by atoms with Crippen molar-refractivity contribution in [1.29, 1.82) is 0 Å². The lowest BCUT2D eigenvalue weighted by Gasteiger charge is -2.35. The van der Waals surface area contributed by atoms with Gasteiger partial charge < -0.3 is 19.8 Å². The van der Waals surface area contributed by atoms with Gasteiger partial charge >= 0.3 is 6.09 Å². The van der Waals surface area contributed by atoms with Crippen LogP contribution in [-0.4, -0.2) is 64.7 Å². The van der Waals surface area contributed by atoms with Gasteiger partial charge in [0.1, 0.15) is 11.4 Å². The highest BCUT2D eigenvalue weighted by Crippen LogP contribution is 2.36. The van der Waals surface area contributed by atoms with E-state index in [1.807, 2.05) is 25.7 Å². The SMILES string of the molecule is CC(C)(C)OC(=O)N1C2CCCC1CC2.Cc1nc(S(C)(=O)=O)ccc1O.OC1CCCCC1. The van der Waals surface area contributed by atoms with Gasteiger partial charge in [0.05, 0.1) is 11.8 Å². The lowest BCUT2D eigenvalue weighted by Crippen LogP contribution is -2.46. The van der Waals surface area contributed by atoms with Crippen LogP contribution >= 0.6 is 0 Å². The monoisotopic (exact) mass is 498 g/mol. The molecule has 3 heterocycles. The number of ether oxygens (including phenoxy) is 1. The number of rotatable bonds is 1. The number of nitrogens with zero attached hydrogens (tertiary/aromatic N) is 2. The molecule has 2 bridgehead atoms. The zero-order valence-electron chi connectivity index (χ0n) is 21.3. The Morgan fingerprint density at radius 1 is 1.00 bits per heavy atom. The molecule has 34 heavy (non-hydrogen) atoms. The fourth-order valence-electron chi connectivity index (χ4n) is 4.55. The largest absolute Gasteiger partial charge is 0.506 e. The average Bonchev–Trinajstić information content (AvgIpc) is 2.99. The number of pyridine rings is 1. The van der Waals surface area contributed by atoms with Crippen molar-refractivity contribution in [3.05, 3.63) is 17.8 Å². The van der Waals surface area contributed by atoms with Crippen molar-refractivity contribution < 1.29 is 28.2 Å². The number of piperidine rings is 1. The minimum atomic E-state index is -3.26. The molecule has 3 fully saturated rings. The molecule has 2 aliphatic heterocycles. The van der Waals surface area contributed by atoms with Crippen LogP contribution in [0.3, 0.4) is 0 Å². The number of aliphatic hydroxyl groups excluding tert-OH is 1. The van der Waals surface area contributed by atoms with Crippen LogP contribution in [0.5, 0.6) is 5.75 Å². The Hall–Kier alpha value is -1.87. The first-order valence-corrected chi connectivity index (χ1v) is 14.2. The Morgan fingerprint density at radius 2 is 1.56 bits per heavy atom. The molecule has 0 radical (unpaired) electrons. The number of amides is 1. The van der Waals surface area contributed by atoms with Crippen molar-refractivity contribution in [3.63, 3.8) is 0 Å². The second-order valence-electron chi connectivity index (χ2n) is 10.5. The number of hydrogen-bond donors (Lipinski definition) is 2. The minimum Gasteiger partial charge on any atom is -0.506 e. The standard InChI is InChI=1S/C12H21NO2.C7H9NO3S.C6H12O/c1-12(2,3)15-11(14)13-9-5-4-6-10(13)8-7-9;1-5-6(9)3-4-7(8-5)12(2,10)11;7-6-4-2-1-3-5-6/h9-10H,4-8H2,1-3H3;3-4,9H,1-2H3;6-7H,1-5H2. The molecule has 194 valence electrons. The van der Waals surface area contributed by atoms with Crippen molar-refractivity contribution in [3.8, 4) is 5.75 Å². The third-order valence-electron chi connectivity index (χ3n) is 6.29. The van der Waals surface area contributed by atoms with E-state index in [1.54, 1.807) is 6.92 Å². The maximum absolute atomic E-state index is 12.0. The Labute approximate surface area is 204 Å². The van der Waals surface area contributed by atoms with Gasteiger partial charge in [-0.15, -0.1) is 0 Å². The summed E-state index contributed by atoms with van der Waals surface area (Å²) in [6, 6.07) is 3.51. The van der Waals surface area contributed by atoms with Gasteiger partial charge in [-0.3, -0.25) is 0 Å². The molecule has 1 saturated carbocycles. The molecular formula is C25H42N2O6S. The number of aliphatic hydroxyl groups is 1. The number of aryl methyl sites for hydroxylation is 1. The Bertz CT molecular complexity index is 890. The number of carbonyl (C=O) groups is 1. The molecular weight excluding hydrogens is 456 g/mol. The summed E-state index contributed by atoms with van der Waals surface area (Å²) in [5.41, 5.74) is -0.0496. The molecule has 2 unspecified atom stereocenters. The van der Waals surface area contributed by atoms with Gasteiger partial charge in [0.25, 0.3) is 0 Å². The topological polar surface area (TPSA) is 117 Å². The quantitative estimate of drug-likeness (QED) is 0.574. The first kappa shape index (κ1) is 28.4. The fourth-order valence-corrected chi connectivity index (χ4v) is 5.17. The van der Waals surface area contributed by atoms with Crippen LogP contribution in [0.25, 0.3) is 0 Å². The van der Waals surface area contributed by atoms with Crippen molar-refractivity contribution in [2.45, 2.75) is 121 Å². The van der Waals surface area contributed by atoms with E-state index < -0.39 is 9.84 Å². The zero-order chi connectivity index (χ0) is 25.5. The van der Waals surface area contributed by atoms with Crippen molar-refractivity contribution in [1.82, 2.24) is 9.88 Å². The van der Waals surface area contributed by atoms with E-state index in [-0.39, 0.29) is 28.6 Å². The fraction of sp³-hybridized carbons (Fsp3) is 0.760. The van der Waals surface area contributed by atoms with Crippen molar-refractivity contribution in [2.24, 2.45) is 0 Å². The van der Waals surface area contributed by atoms with Crippen LogP contribution in [0.2, 0.25) is 0 Å². The molecule has 3 aliphatic rings. The Kier molecular flexibility index (Phi) is 10.2. The lowest BCUT2D eigenvalue weighted by molar-refractivity contribution is 0.00782. The van der Waals surface area contributed by atoms with E-state index >= 15 is 0 Å². The molecule has 1 aliphatic carbocycles. The normalized spacial score (nSPS) is 22.7. The first-order valence-electron chi connectivity index (χ1n) is 12.3. The number of hydrogen-bond acceptors (Lipinski definition) is 7. The van der Waals surface area contributed by atoms with Gasteiger partial charge in [0.15, 0.2) is 14.9 Å². The maximum atomic E-state index is 12.0. The smallest absolute Gasteiger partial charge is 0.410 e. The summed E-state index contributed by atoms with van der Waals surface area (Å²) >= 11 is 0. The second kappa shape index (κ2) is 12.2. The van der Waals surface area contributed by atoms with E-state index in [1.165, 1.54) is 50.7 Å². The maximum Gasteiger partial charge on any atom is 0.410 e. The van der Waals surface area contributed by atoms with E-state index in [0.29, 0.717) is 17.8 Å². The third kappa shape index (κ3) is 9.06. The molecule has 1 amide bonds. The van der Waals surface area contributed by atoms with E-state index in [4.69, 9.17) is 14.9 Å². The highest BCUT2D eigenvalue weighted by atomic mass is 32.2. The highest BCUT2D eigenvalue weighted by Gasteiger charge is 2.41. The molecule has 2 N–H and O–H groups in total. The summed E-state index contributed by atoms with van der Waals surface area (Å²) in [7, 11) is -3.26. The summed E-state index contributed by atoms with van der Waals surface area (Å²) < 4.78 is 27.3. The van der Waals surface area contributed by atoms with E-state index in [0.717, 1.165) is 31.9 Å². The van der Waals surface area contributed by atoms with Gasteiger partial charge in [0, 0.05) is 18.3 Å². The Balaban J connectivity index is 0.000000192. The number of carbonyl (C=O) groups excluding carboxylic acids is 1. The number of aromatic nitrogens is 1. The summed E-state index contributed by atoms with van der Waals surface area (Å²) in [5, 5.41) is 17.9. The summed E-state index contributed by atoms with van der Waals surface area (Å²) in [6.07, 6.45) is 12.8. The molecule has 2 atom stereocenters. The second-order valence-corrected chi connectivity index (χ2v) is 12.5. The molecule has 4 rings (SSSR count). The lowest BCUT2D eigenvalue weighted by atomic mass is 9.98. The number of aromatic hydroxyl groups is 1. The first-order chi connectivity index (χ1) is 15.8. The van der Waals surface area contributed by atoms with Crippen LogP contribution < -0.4 is 0 Å². The van der Waals surface area contributed by atoms with Crippen LogP contribution in [0.4, 0.5) is 4.79 Å². The minimum absolute atomic E-state index is 0.00222. The predicted molar refractivity (Wildman–Crippen MR) is 132 cm³/mol. The van der Waals surface area contributed by atoms with Crippen molar-refractivity contribution >= 4 is 15.9 Å². The van der Waals surface area contributed by atoms with Crippen LogP contribution in [0.1, 0.15) is 90.7 Å². The summed E-state index contributed by atoms with van der Waals surface area (Å²) in [4.78, 5) is 17.7. The van der Waals surface area contributed by atoms with Gasteiger partial charge in [-0.1, -0.05) is 19.3 Å². The van der Waals surface area contributed by atoms with Crippen molar-refractivity contribution in [2.75, 3.05) is 6.26 Å². The predicted octanol–water partition coefficient (Wildman–Crippen LogP) is 4.75. The molecule has 1 aromatic rings. The molecule has 1 aromatic heterocycles. The van der Waals surface area contributed by atoms with E-state index in [2.05, 4.69) is 4.98 Å². The molecule has 2 saturated heterocycles. The molecule has 9 heteroatoms. The third-order valence-corrected chi connectivity index (χ3v) is 7.27. The highest BCUT2D eigenvalue weighted by molar-refractivity contribution is 7.90. The van der Waals surface area contributed by atoms with Gasteiger partial charge in [0.2, 0.25) is 0 Å². The molecule has 0 aromatic carbocycles. The van der Waals surface area contributed by atoms with Gasteiger partial charge in [-0.05, 0) is 84.8 Å². The molecule has 8 nitrogen and oxygen atoms in total. The van der Waals surface area contributed by atoms with Gasteiger partial charge in [-0.25, -0.2) is 18.2 Å². The summed E-state index contributed by atoms with van der Waals surface area (Å²) in [6.45, 7) is 7.33. The van der Waals surface area contributed by atoms with Crippen LogP contribution in [0.15, 0.2) is 17.2 Å². The van der Waals surface area contributed by atoms with Crippen LogP contribution in [0, 0.1) is 6.92 Å². The Morgan fingerprint density at radius 3 is 1.97 bits per heavy atom.